The summed E-state index contributed by atoms with van der Waals surface area (Å²) in [6.07, 6.45) is 1.50. The number of hydrogen-bond donors (Lipinski definition) is 2. The molecule has 0 unspecified atom stereocenters. The zero-order valence-corrected chi connectivity index (χ0v) is 10.7. The molecule has 0 aliphatic carbocycles. The Kier molecular flexibility index (Phi) is 4.73. The lowest BCUT2D eigenvalue weighted by molar-refractivity contribution is -0.130. The van der Waals surface area contributed by atoms with Crippen LogP contribution >= 0.6 is 0 Å². The Balaban J connectivity index is 2.01. The first-order chi connectivity index (χ1) is 8.81. The first-order valence-electron chi connectivity index (χ1n) is 6.56. The maximum atomic E-state index is 12.2. The highest BCUT2D eigenvalue weighted by molar-refractivity contribution is 5.79. The van der Waals surface area contributed by atoms with Gasteiger partial charge in [-0.15, -0.1) is 0 Å². The molecule has 1 saturated heterocycles. The largest absolute Gasteiger partial charge is 0.341 e. The summed E-state index contributed by atoms with van der Waals surface area (Å²) in [6.45, 7) is 4.05. The van der Waals surface area contributed by atoms with Crippen LogP contribution in [0.3, 0.4) is 0 Å². The highest BCUT2D eigenvalue weighted by atomic mass is 16.2. The molecule has 98 valence electrons. The van der Waals surface area contributed by atoms with Gasteiger partial charge in [-0.3, -0.25) is 4.79 Å². The van der Waals surface area contributed by atoms with Crippen LogP contribution in [-0.2, 0) is 17.8 Å². The third-order valence-corrected chi connectivity index (χ3v) is 3.37. The van der Waals surface area contributed by atoms with E-state index in [4.69, 9.17) is 5.73 Å². The van der Waals surface area contributed by atoms with Crippen LogP contribution in [0.1, 0.15) is 17.5 Å². The molecule has 4 heteroatoms. The molecule has 1 aliphatic heterocycles. The van der Waals surface area contributed by atoms with Gasteiger partial charge in [0.05, 0.1) is 6.42 Å². The molecule has 1 amide bonds. The second-order valence-corrected chi connectivity index (χ2v) is 4.63. The summed E-state index contributed by atoms with van der Waals surface area (Å²) < 4.78 is 0. The standard InChI is InChI=1S/C14H21N3O/c15-11-13-5-2-1-4-12(13)10-14(18)17-8-3-6-16-7-9-17/h1-2,4-5,16H,3,6-11,15H2. The van der Waals surface area contributed by atoms with E-state index in [1.165, 1.54) is 0 Å². The number of nitrogens with zero attached hydrogens (tertiary/aromatic N) is 1. The van der Waals surface area contributed by atoms with E-state index in [1.807, 2.05) is 29.2 Å². The van der Waals surface area contributed by atoms with Crippen LogP contribution in [0.25, 0.3) is 0 Å². The molecule has 1 fully saturated rings. The van der Waals surface area contributed by atoms with Gasteiger partial charge in [-0.1, -0.05) is 24.3 Å². The third-order valence-electron chi connectivity index (χ3n) is 3.37. The summed E-state index contributed by atoms with van der Waals surface area (Å²) in [5, 5.41) is 3.30. The second-order valence-electron chi connectivity index (χ2n) is 4.63. The van der Waals surface area contributed by atoms with Gasteiger partial charge in [0.2, 0.25) is 5.91 Å². The molecule has 0 atom stereocenters. The number of nitrogens with one attached hydrogen (secondary N) is 1. The van der Waals surface area contributed by atoms with Gasteiger partial charge in [0.25, 0.3) is 0 Å². The lowest BCUT2D eigenvalue weighted by atomic mass is 10.0. The molecule has 1 aliphatic rings. The average Bonchev–Trinajstić information content (AvgIpc) is 2.68. The predicted octanol–water partition coefficient (Wildman–Crippen LogP) is 0.510. The van der Waals surface area contributed by atoms with E-state index in [2.05, 4.69) is 5.32 Å². The third kappa shape index (κ3) is 3.31. The van der Waals surface area contributed by atoms with Gasteiger partial charge in [0.1, 0.15) is 0 Å². The number of benzene rings is 1. The maximum Gasteiger partial charge on any atom is 0.227 e. The molecular weight excluding hydrogens is 226 g/mol. The summed E-state index contributed by atoms with van der Waals surface area (Å²) in [4.78, 5) is 14.2. The molecule has 2 rings (SSSR count). The summed E-state index contributed by atoms with van der Waals surface area (Å²) in [5.41, 5.74) is 7.82. The van der Waals surface area contributed by atoms with Crippen LogP contribution < -0.4 is 11.1 Å². The zero-order chi connectivity index (χ0) is 12.8. The van der Waals surface area contributed by atoms with Crippen molar-refractivity contribution in [2.24, 2.45) is 5.73 Å². The van der Waals surface area contributed by atoms with Crippen LogP contribution in [0.4, 0.5) is 0 Å². The number of carbonyl (C=O) groups excluding carboxylic acids is 1. The molecule has 1 aromatic rings. The molecule has 18 heavy (non-hydrogen) atoms. The molecular formula is C14H21N3O. The summed E-state index contributed by atoms with van der Waals surface area (Å²) in [7, 11) is 0. The first kappa shape index (κ1) is 13.1. The minimum absolute atomic E-state index is 0.208. The lowest BCUT2D eigenvalue weighted by Gasteiger charge is -2.20. The van der Waals surface area contributed by atoms with Crippen molar-refractivity contribution in [1.82, 2.24) is 10.2 Å². The fraction of sp³-hybridized carbons (Fsp3) is 0.500. The number of nitrogens with two attached hydrogens (primary N) is 1. The monoisotopic (exact) mass is 247 g/mol. The lowest BCUT2D eigenvalue weighted by Crippen LogP contribution is -2.35. The van der Waals surface area contributed by atoms with Crippen molar-refractivity contribution in [3.05, 3.63) is 35.4 Å². The van der Waals surface area contributed by atoms with E-state index >= 15 is 0 Å². The normalized spacial score (nSPS) is 16.4. The molecule has 1 heterocycles. The average molecular weight is 247 g/mol. The minimum Gasteiger partial charge on any atom is -0.341 e. The molecule has 0 saturated carbocycles. The summed E-state index contributed by atoms with van der Waals surface area (Å²) in [5.74, 6) is 0.208. The Bertz CT molecular complexity index is 398. The number of rotatable bonds is 3. The van der Waals surface area contributed by atoms with Crippen LogP contribution in [0.5, 0.6) is 0 Å². The zero-order valence-electron chi connectivity index (χ0n) is 10.7. The topological polar surface area (TPSA) is 58.4 Å². The molecule has 0 aromatic heterocycles. The van der Waals surface area contributed by atoms with Crippen molar-refractivity contribution in [1.29, 1.82) is 0 Å². The fourth-order valence-corrected chi connectivity index (χ4v) is 2.30. The van der Waals surface area contributed by atoms with Gasteiger partial charge in [-0.2, -0.15) is 0 Å². The molecule has 0 radical (unpaired) electrons. The van der Waals surface area contributed by atoms with Gasteiger partial charge >= 0.3 is 0 Å². The quantitative estimate of drug-likeness (QED) is 0.818. The second kappa shape index (κ2) is 6.52. The molecule has 0 spiro atoms. The van der Waals surface area contributed by atoms with Gasteiger partial charge in [0, 0.05) is 26.2 Å². The van der Waals surface area contributed by atoms with Crippen molar-refractivity contribution in [3.63, 3.8) is 0 Å². The van der Waals surface area contributed by atoms with Gasteiger partial charge in [0.15, 0.2) is 0 Å². The molecule has 0 bridgehead atoms. The highest BCUT2D eigenvalue weighted by Gasteiger charge is 2.16. The van der Waals surface area contributed by atoms with Crippen LogP contribution in [-0.4, -0.2) is 37.0 Å². The van der Waals surface area contributed by atoms with E-state index in [0.29, 0.717) is 13.0 Å². The first-order valence-corrected chi connectivity index (χ1v) is 6.56. The highest BCUT2D eigenvalue weighted by Crippen LogP contribution is 2.10. The Labute approximate surface area is 108 Å². The minimum atomic E-state index is 0.208. The van der Waals surface area contributed by atoms with E-state index < -0.39 is 0 Å². The Morgan fingerprint density at radius 1 is 1.22 bits per heavy atom. The molecule has 1 aromatic carbocycles. The van der Waals surface area contributed by atoms with Gasteiger partial charge in [-0.05, 0) is 24.1 Å². The van der Waals surface area contributed by atoms with Gasteiger partial charge in [-0.25, -0.2) is 0 Å². The van der Waals surface area contributed by atoms with Gasteiger partial charge < -0.3 is 16.0 Å². The van der Waals surface area contributed by atoms with Crippen molar-refractivity contribution in [2.75, 3.05) is 26.2 Å². The van der Waals surface area contributed by atoms with E-state index in [1.54, 1.807) is 0 Å². The van der Waals surface area contributed by atoms with E-state index in [-0.39, 0.29) is 5.91 Å². The van der Waals surface area contributed by atoms with E-state index in [0.717, 1.165) is 43.7 Å². The molecule has 4 nitrogen and oxygen atoms in total. The smallest absolute Gasteiger partial charge is 0.227 e. The van der Waals surface area contributed by atoms with Crippen molar-refractivity contribution in [2.45, 2.75) is 19.4 Å². The SMILES string of the molecule is NCc1ccccc1CC(=O)N1CCCNCC1. The van der Waals surface area contributed by atoms with Crippen LogP contribution in [0, 0.1) is 0 Å². The predicted molar refractivity (Wildman–Crippen MR) is 72.1 cm³/mol. The summed E-state index contributed by atoms with van der Waals surface area (Å²) in [6, 6.07) is 7.92. The molecule has 3 N–H and O–H groups in total. The van der Waals surface area contributed by atoms with E-state index in [9.17, 15) is 4.79 Å². The maximum absolute atomic E-state index is 12.2. The van der Waals surface area contributed by atoms with Crippen LogP contribution in [0.2, 0.25) is 0 Å². The Morgan fingerprint density at radius 3 is 2.78 bits per heavy atom. The van der Waals surface area contributed by atoms with Crippen molar-refractivity contribution < 1.29 is 4.79 Å². The fourth-order valence-electron chi connectivity index (χ4n) is 2.30. The van der Waals surface area contributed by atoms with Crippen LogP contribution in [0.15, 0.2) is 24.3 Å². The van der Waals surface area contributed by atoms with Crippen molar-refractivity contribution >= 4 is 5.91 Å². The summed E-state index contributed by atoms with van der Waals surface area (Å²) >= 11 is 0. The number of amides is 1. The Hall–Kier alpha value is -1.39. The number of carbonyl (C=O) groups is 1. The Morgan fingerprint density at radius 2 is 2.00 bits per heavy atom. The van der Waals surface area contributed by atoms with Crippen molar-refractivity contribution in [3.8, 4) is 0 Å². The number of hydrogen-bond acceptors (Lipinski definition) is 3.